The Balaban J connectivity index is 1.92. The van der Waals surface area contributed by atoms with Crippen molar-refractivity contribution in [1.29, 1.82) is 0 Å². The van der Waals surface area contributed by atoms with E-state index in [-0.39, 0.29) is 5.91 Å². The predicted molar refractivity (Wildman–Crippen MR) is 75.7 cm³/mol. The van der Waals surface area contributed by atoms with Crippen molar-refractivity contribution >= 4 is 28.9 Å². The van der Waals surface area contributed by atoms with E-state index in [1.807, 2.05) is 6.07 Å². The Hall–Kier alpha value is -1.26. The van der Waals surface area contributed by atoms with Gasteiger partial charge in [0, 0.05) is 24.3 Å². The number of hydrogen-bond donors (Lipinski definition) is 2. The summed E-state index contributed by atoms with van der Waals surface area (Å²) in [6.45, 7) is 4.23. The maximum absolute atomic E-state index is 11.5. The molecule has 4 nitrogen and oxygen atoms in total. The molecule has 1 saturated heterocycles. The zero-order chi connectivity index (χ0) is 13.6. The van der Waals surface area contributed by atoms with Crippen molar-refractivity contribution in [2.75, 3.05) is 23.3 Å². The molecule has 3 rings (SSSR count). The number of hydrogen-bond acceptors (Lipinski definition) is 3. The first-order valence-electron chi connectivity index (χ1n) is 6.63. The van der Waals surface area contributed by atoms with Gasteiger partial charge in [-0.25, -0.2) is 0 Å². The van der Waals surface area contributed by atoms with Crippen LogP contribution in [0.1, 0.15) is 31.4 Å². The minimum absolute atomic E-state index is 0.379. The van der Waals surface area contributed by atoms with E-state index in [0.717, 1.165) is 37.5 Å². The maximum atomic E-state index is 11.5. The Morgan fingerprint density at radius 1 is 1.37 bits per heavy atom. The van der Waals surface area contributed by atoms with Gasteiger partial charge in [0.05, 0.1) is 10.7 Å². The van der Waals surface area contributed by atoms with Gasteiger partial charge in [-0.15, -0.1) is 0 Å². The number of aliphatic hydroxyl groups excluding tert-OH is 1. The van der Waals surface area contributed by atoms with Gasteiger partial charge in [-0.2, -0.15) is 0 Å². The predicted octanol–water partition coefficient (Wildman–Crippen LogP) is 2.56. The van der Waals surface area contributed by atoms with E-state index < -0.39 is 6.10 Å². The Bertz CT molecular complexity index is 524. The molecule has 5 heteroatoms. The van der Waals surface area contributed by atoms with E-state index in [1.54, 1.807) is 6.07 Å². The van der Waals surface area contributed by atoms with Crippen LogP contribution in [0, 0.1) is 5.92 Å². The summed E-state index contributed by atoms with van der Waals surface area (Å²) in [7, 11) is 0. The lowest BCUT2D eigenvalue weighted by atomic mass is 9.98. The van der Waals surface area contributed by atoms with Crippen LogP contribution in [-0.2, 0) is 4.79 Å². The van der Waals surface area contributed by atoms with Crippen molar-refractivity contribution in [3.05, 3.63) is 22.7 Å². The normalized spacial score (nSPS) is 23.4. The topological polar surface area (TPSA) is 52.6 Å². The van der Waals surface area contributed by atoms with Gasteiger partial charge in [-0.3, -0.25) is 4.79 Å². The molecule has 2 N–H and O–H groups in total. The molecular formula is C14H17ClN2O2. The summed E-state index contributed by atoms with van der Waals surface area (Å²) in [5.41, 5.74) is 2.20. The molecule has 0 spiro atoms. The lowest BCUT2D eigenvalue weighted by Crippen LogP contribution is -2.32. The first kappa shape index (κ1) is 12.8. The number of piperidine rings is 1. The van der Waals surface area contributed by atoms with E-state index in [1.165, 1.54) is 0 Å². The highest BCUT2D eigenvalue weighted by molar-refractivity contribution is 6.33. The van der Waals surface area contributed by atoms with Crippen LogP contribution in [0.3, 0.4) is 0 Å². The number of carbonyl (C=O) groups is 1. The number of fused-ring (bicyclic) bond motifs is 1. The molecule has 1 amide bonds. The number of amides is 1. The first-order valence-corrected chi connectivity index (χ1v) is 7.01. The maximum Gasteiger partial charge on any atom is 0.257 e. The smallest absolute Gasteiger partial charge is 0.257 e. The second-order valence-electron chi connectivity index (χ2n) is 5.45. The fraction of sp³-hybridized carbons (Fsp3) is 0.500. The third-order valence-corrected chi connectivity index (χ3v) is 4.35. The molecule has 1 atom stereocenters. The molecule has 1 aromatic rings. The molecule has 0 radical (unpaired) electrons. The molecule has 1 fully saturated rings. The van der Waals surface area contributed by atoms with E-state index in [9.17, 15) is 9.90 Å². The third kappa shape index (κ3) is 2.19. The summed E-state index contributed by atoms with van der Waals surface area (Å²) in [5.74, 6) is 0.376. The summed E-state index contributed by atoms with van der Waals surface area (Å²) < 4.78 is 0. The Labute approximate surface area is 117 Å². The second kappa shape index (κ2) is 4.69. The van der Waals surface area contributed by atoms with Crippen molar-refractivity contribution in [2.24, 2.45) is 5.92 Å². The Morgan fingerprint density at radius 3 is 2.74 bits per heavy atom. The van der Waals surface area contributed by atoms with Gasteiger partial charge in [-0.05, 0) is 30.9 Å². The molecule has 1 aromatic carbocycles. The molecule has 0 aliphatic carbocycles. The van der Waals surface area contributed by atoms with Crippen molar-refractivity contribution in [1.82, 2.24) is 0 Å². The molecule has 2 aliphatic rings. The van der Waals surface area contributed by atoms with Gasteiger partial charge in [0.2, 0.25) is 0 Å². The minimum atomic E-state index is -1.09. The van der Waals surface area contributed by atoms with E-state index >= 15 is 0 Å². The van der Waals surface area contributed by atoms with Crippen LogP contribution in [0.4, 0.5) is 11.4 Å². The van der Waals surface area contributed by atoms with Crippen LogP contribution in [-0.4, -0.2) is 24.1 Å². The summed E-state index contributed by atoms with van der Waals surface area (Å²) in [4.78, 5) is 13.7. The van der Waals surface area contributed by atoms with E-state index in [2.05, 4.69) is 17.1 Å². The molecule has 2 aliphatic heterocycles. The van der Waals surface area contributed by atoms with Gasteiger partial charge in [0.25, 0.3) is 5.91 Å². The first-order chi connectivity index (χ1) is 9.06. The van der Waals surface area contributed by atoms with Gasteiger partial charge in [-0.1, -0.05) is 18.5 Å². The molecular weight excluding hydrogens is 264 g/mol. The number of nitrogens with one attached hydrogen (secondary N) is 1. The second-order valence-corrected chi connectivity index (χ2v) is 5.86. The van der Waals surface area contributed by atoms with Crippen LogP contribution in [0.15, 0.2) is 12.1 Å². The Morgan fingerprint density at radius 2 is 2.05 bits per heavy atom. The fourth-order valence-electron chi connectivity index (χ4n) is 2.75. The van der Waals surface area contributed by atoms with E-state index in [4.69, 9.17) is 11.6 Å². The highest BCUT2D eigenvalue weighted by atomic mass is 35.5. The van der Waals surface area contributed by atoms with Crippen LogP contribution in [0.25, 0.3) is 0 Å². The van der Waals surface area contributed by atoms with Gasteiger partial charge in [0.1, 0.15) is 0 Å². The monoisotopic (exact) mass is 280 g/mol. The summed E-state index contributed by atoms with van der Waals surface area (Å²) in [5, 5.41) is 13.0. The number of aliphatic hydroxyl groups is 1. The van der Waals surface area contributed by atoms with Crippen molar-refractivity contribution in [3.63, 3.8) is 0 Å². The van der Waals surface area contributed by atoms with Crippen LogP contribution >= 0.6 is 11.6 Å². The number of nitrogens with zero attached hydrogens (tertiary/aromatic N) is 1. The quantitative estimate of drug-likeness (QED) is 0.831. The van der Waals surface area contributed by atoms with Crippen molar-refractivity contribution in [2.45, 2.75) is 25.9 Å². The van der Waals surface area contributed by atoms with Crippen LogP contribution in [0.2, 0.25) is 5.02 Å². The van der Waals surface area contributed by atoms with Crippen molar-refractivity contribution in [3.8, 4) is 0 Å². The van der Waals surface area contributed by atoms with Crippen LogP contribution < -0.4 is 10.2 Å². The molecule has 0 saturated carbocycles. The number of rotatable bonds is 1. The number of anilines is 2. The molecule has 0 aromatic heterocycles. The van der Waals surface area contributed by atoms with Gasteiger partial charge < -0.3 is 15.3 Å². The molecule has 0 bridgehead atoms. The highest BCUT2D eigenvalue weighted by Gasteiger charge is 2.30. The molecule has 102 valence electrons. The zero-order valence-electron chi connectivity index (χ0n) is 10.8. The lowest BCUT2D eigenvalue weighted by Gasteiger charge is -2.33. The number of carbonyl (C=O) groups excluding carboxylic acids is 1. The standard InChI is InChI=1S/C14H17ClN2O2/c1-8-2-4-17(5-3-8)12-7-11-9(6-10(12)15)13(18)14(19)16-11/h6-8,13,18H,2-5H2,1H3,(H,16,19). The lowest BCUT2D eigenvalue weighted by molar-refractivity contribution is -0.123. The molecule has 19 heavy (non-hydrogen) atoms. The minimum Gasteiger partial charge on any atom is -0.378 e. The summed E-state index contributed by atoms with van der Waals surface area (Å²) in [6, 6.07) is 3.58. The fourth-order valence-corrected chi connectivity index (χ4v) is 3.04. The van der Waals surface area contributed by atoms with Gasteiger partial charge in [0.15, 0.2) is 6.10 Å². The highest BCUT2D eigenvalue weighted by Crippen LogP contribution is 2.39. The van der Waals surface area contributed by atoms with Crippen LogP contribution in [0.5, 0.6) is 0 Å². The SMILES string of the molecule is CC1CCN(c2cc3c(cc2Cl)C(O)C(=O)N3)CC1. The number of halogens is 1. The molecule has 1 unspecified atom stereocenters. The summed E-state index contributed by atoms with van der Waals surface area (Å²) in [6.07, 6.45) is 1.22. The zero-order valence-corrected chi connectivity index (χ0v) is 11.6. The summed E-state index contributed by atoms with van der Waals surface area (Å²) >= 11 is 6.30. The van der Waals surface area contributed by atoms with Crippen molar-refractivity contribution < 1.29 is 9.90 Å². The largest absolute Gasteiger partial charge is 0.378 e. The number of benzene rings is 1. The third-order valence-electron chi connectivity index (χ3n) is 4.04. The Kier molecular flexibility index (Phi) is 3.15. The average molecular weight is 281 g/mol. The van der Waals surface area contributed by atoms with Gasteiger partial charge >= 0.3 is 0 Å². The average Bonchev–Trinajstić information content (AvgIpc) is 2.66. The molecule has 2 heterocycles. The van der Waals surface area contributed by atoms with E-state index in [0.29, 0.717) is 16.3 Å².